The van der Waals surface area contributed by atoms with Gasteiger partial charge in [0.15, 0.2) is 0 Å². The molecule has 8 heavy (non-hydrogen) atoms. The molecule has 2 nitrogen and oxygen atoms in total. The monoisotopic (exact) mass is 135 g/mol. The number of nitrogens with one attached hydrogen (secondary N) is 1. The third-order valence-corrected chi connectivity index (χ3v) is 1.66. The van der Waals surface area contributed by atoms with E-state index in [1.54, 1.807) is 7.05 Å². The average Bonchev–Trinajstić information content (AvgIpc) is 1.65. The zero-order chi connectivity index (χ0) is 6.57. The second-order valence-corrected chi connectivity index (χ2v) is 4.39. The zero-order valence-corrected chi connectivity index (χ0v) is 6.46. The van der Waals surface area contributed by atoms with Crippen LogP contribution in [0.3, 0.4) is 0 Å². The smallest absolute Gasteiger partial charge is 0.227 e. The van der Waals surface area contributed by atoms with Crippen LogP contribution in [-0.4, -0.2) is 31.2 Å². The first-order chi connectivity index (χ1) is 3.66. The van der Waals surface area contributed by atoms with Gasteiger partial charge in [0.25, 0.3) is 0 Å². The van der Waals surface area contributed by atoms with Crippen molar-refractivity contribution >= 4 is 16.8 Å². The number of rotatable bonds is 2. The van der Waals surface area contributed by atoms with Crippen LogP contribution in [0.1, 0.15) is 0 Å². The molecule has 0 rings (SSSR count). The number of thiol groups is 1. The first-order valence-electron chi connectivity index (χ1n) is 2.52. The van der Waals surface area contributed by atoms with Crippen molar-refractivity contribution < 1.29 is 4.79 Å². The highest BCUT2D eigenvalue weighted by atomic mass is 32.2. The molecule has 50 valence electrons. The predicted molar refractivity (Wildman–Crippen MR) is 39.8 cm³/mol. The summed E-state index contributed by atoms with van der Waals surface area (Å²) in [4.78, 5) is 10.5. The largest absolute Gasteiger partial charge is 0.359 e. The molecule has 0 aliphatic heterocycles. The maximum absolute atomic E-state index is 10.5. The van der Waals surface area contributed by atoms with Gasteiger partial charge in [0.2, 0.25) is 5.91 Å². The van der Waals surface area contributed by atoms with Crippen LogP contribution in [0.15, 0.2) is 0 Å². The van der Waals surface area contributed by atoms with E-state index < -0.39 is 0 Å². The standard InChI is InChI=1S/C5H13NOS/c1-6-5(7)4-8(2)3/h8H,4H2,1-3H3,(H,6,7). The van der Waals surface area contributed by atoms with Gasteiger partial charge in [0.1, 0.15) is 0 Å². The summed E-state index contributed by atoms with van der Waals surface area (Å²) in [6.07, 6.45) is 4.18. The zero-order valence-electron chi connectivity index (χ0n) is 5.56. The van der Waals surface area contributed by atoms with Gasteiger partial charge < -0.3 is 5.32 Å². The van der Waals surface area contributed by atoms with Gasteiger partial charge >= 0.3 is 0 Å². The molecule has 0 unspecified atom stereocenters. The van der Waals surface area contributed by atoms with Crippen LogP contribution in [0, 0.1) is 0 Å². The summed E-state index contributed by atoms with van der Waals surface area (Å²) in [7, 11) is 1.61. The summed E-state index contributed by atoms with van der Waals surface area (Å²) in [5.41, 5.74) is 0. The average molecular weight is 135 g/mol. The molecule has 0 aromatic rings. The Bertz CT molecular complexity index is 82.5. The fourth-order valence-corrected chi connectivity index (χ4v) is 1.10. The molecule has 0 spiro atoms. The van der Waals surface area contributed by atoms with E-state index in [1.807, 2.05) is 0 Å². The molecule has 1 N–H and O–H groups in total. The Hall–Kier alpha value is -0.180. The van der Waals surface area contributed by atoms with Crippen LogP contribution in [-0.2, 0) is 4.79 Å². The van der Waals surface area contributed by atoms with E-state index >= 15 is 0 Å². The van der Waals surface area contributed by atoms with Crippen LogP contribution >= 0.6 is 10.9 Å². The van der Waals surface area contributed by atoms with Crippen LogP contribution in [0.4, 0.5) is 0 Å². The van der Waals surface area contributed by atoms with Crippen LogP contribution in [0.5, 0.6) is 0 Å². The number of amides is 1. The van der Waals surface area contributed by atoms with Crippen molar-refractivity contribution in [2.45, 2.75) is 0 Å². The molecule has 0 bridgehead atoms. The quantitative estimate of drug-likeness (QED) is 0.512. The summed E-state index contributed by atoms with van der Waals surface area (Å²) >= 11 is 0. The summed E-state index contributed by atoms with van der Waals surface area (Å²) in [6.45, 7) is 0. The molecule has 0 aliphatic rings. The van der Waals surface area contributed by atoms with Crippen molar-refractivity contribution in [3.8, 4) is 0 Å². The van der Waals surface area contributed by atoms with Crippen molar-refractivity contribution in [3.63, 3.8) is 0 Å². The van der Waals surface area contributed by atoms with Gasteiger partial charge in [0, 0.05) is 7.05 Å². The molecule has 3 heteroatoms. The lowest BCUT2D eigenvalue weighted by Crippen LogP contribution is -2.21. The number of carbonyl (C=O) groups excluding carboxylic acids is 1. The third-order valence-electron chi connectivity index (χ3n) is 0.739. The van der Waals surface area contributed by atoms with E-state index in [4.69, 9.17) is 0 Å². The minimum Gasteiger partial charge on any atom is -0.359 e. The van der Waals surface area contributed by atoms with E-state index in [9.17, 15) is 4.79 Å². The van der Waals surface area contributed by atoms with E-state index in [1.165, 1.54) is 0 Å². The lowest BCUT2D eigenvalue weighted by atomic mass is 10.7. The lowest BCUT2D eigenvalue weighted by molar-refractivity contribution is -0.118. The fourth-order valence-electron chi connectivity index (χ4n) is 0.366. The van der Waals surface area contributed by atoms with Gasteiger partial charge in [-0.3, -0.25) is 15.7 Å². The first kappa shape index (κ1) is 7.82. The Kier molecular flexibility index (Phi) is 3.69. The first-order valence-corrected chi connectivity index (χ1v) is 4.94. The van der Waals surface area contributed by atoms with Gasteiger partial charge in [0.05, 0.1) is 5.75 Å². The van der Waals surface area contributed by atoms with Gasteiger partial charge in [-0.2, -0.15) is 0 Å². The summed E-state index contributed by atoms with van der Waals surface area (Å²) < 4.78 is 0. The molecule has 0 radical (unpaired) electrons. The third kappa shape index (κ3) is 3.99. The molecule has 0 aromatic carbocycles. The topological polar surface area (TPSA) is 29.1 Å². The molecule has 1 amide bonds. The van der Waals surface area contributed by atoms with Crippen molar-refractivity contribution in [1.82, 2.24) is 5.32 Å². The minimum absolute atomic E-state index is 0.0577. The molecule has 0 saturated carbocycles. The van der Waals surface area contributed by atoms with E-state index in [0.29, 0.717) is 5.75 Å². The minimum atomic E-state index is -0.0577. The van der Waals surface area contributed by atoms with E-state index in [2.05, 4.69) is 17.8 Å². The molecule has 0 saturated heterocycles. The Labute approximate surface area is 53.0 Å². The number of hydrogen-bond acceptors (Lipinski definition) is 1. The molecule has 0 atom stereocenters. The van der Waals surface area contributed by atoms with Crippen molar-refractivity contribution in [1.29, 1.82) is 0 Å². The van der Waals surface area contributed by atoms with Crippen molar-refractivity contribution in [2.75, 3.05) is 25.3 Å². The lowest BCUT2D eigenvalue weighted by Gasteiger charge is -2.05. The predicted octanol–water partition coefficient (Wildman–Crippen LogP) is -0.00680. The molecule has 0 fully saturated rings. The SMILES string of the molecule is CNC(=O)C[SH](C)C. The maximum atomic E-state index is 10.5. The molecule has 0 aromatic heterocycles. The Morgan fingerprint density at radius 1 is 1.62 bits per heavy atom. The maximum Gasteiger partial charge on any atom is 0.227 e. The normalized spacial score (nSPS) is 10.6. The van der Waals surface area contributed by atoms with Gasteiger partial charge in [-0.15, -0.1) is 0 Å². The number of hydrogen-bond donors (Lipinski definition) is 2. The Balaban J connectivity index is 3.25. The number of carbonyl (C=O) groups is 1. The molecular formula is C5H13NOS. The van der Waals surface area contributed by atoms with Crippen molar-refractivity contribution in [2.24, 2.45) is 0 Å². The van der Waals surface area contributed by atoms with Crippen LogP contribution in [0.2, 0.25) is 0 Å². The Morgan fingerprint density at radius 2 is 2.12 bits per heavy atom. The second-order valence-electron chi connectivity index (χ2n) is 1.91. The summed E-state index contributed by atoms with van der Waals surface area (Å²) in [6, 6.07) is 0. The molecular weight excluding hydrogens is 122 g/mol. The summed E-state index contributed by atoms with van der Waals surface area (Å²) in [5.74, 6) is 0.854. The second kappa shape index (κ2) is 3.78. The molecule has 0 aliphatic carbocycles. The van der Waals surface area contributed by atoms with Gasteiger partial charge in [-0.05, 0) is 12.5 Å². The van der Waals surface area contributed by atoms with Gasteiger partial charge in [-0.25, -0.2) is 0 Å². The van der Waals surface area contributed by atoms with E-state index in [0.717, 1.165) is 0 Å². The van der Waals surface area contributed by atoms with Crippen molar-refractivity contribution in [3.05, 3.63) is 0 Å². The highest BCUT2D eigenvalue weighted by molar-refractivity contribution is 8.16. The van der Waals surface area contributed by atoms with Crippen LogP contribution in [0.25, 0.3) is 0 Å². The molecule has 0 heterocycles. The van der Waals surface area contributed by atoms with Gasteiger partial charge in [-0.1, -0.05) is 0 Å². The highest BCUT2D eigenvalue weighted by Gasteiger charge is 1.95. The summed E-state index contributed by atoms with van der Waals surface area (Å²) in [5, 5.41) is 2.57. The highest BCUT2D eigenvalue weighted by Crippen LogP contribution is 2.10. The Morgan fingerprint density at radius 3 is 2.25 bits per heavy atom. The van der Waals surface area contributed by atoms with Crippen LogP contribution < -0.4 is 5.32 Å². The fraction of sp³-hybridized carbons (Fsp3) is 0.800. The van der Waals surface area contributed by atoms with E-state index in [-0.39, 0.29) is 16.8 Å².